The zero-order chi connectivity index (χ0) is 16.2. The molecule has 3 nitrogen and oxygen atoms in total. The van der Waals surface area contributed by atoms with E-state index in [0.717, 1.165) is 43.4 Å². The quantitative estimate of drug-likeness (QED) is 0.793. The van der Waals surface area contributed by atoms with Gasteiger partial charge in [0.2, 0.25) is 5.43 Å². The van der Waals surface area contributed by atoms with Crippen LogP contribution in [0.5, 0.6) is 0 Å². The summed E-state index contributed by atoms with van der Waals surface area (Å²) in [6, 6.07) is 15.5. The topological polar surface area (TPSA) is 23.6 Å². The Hall–Kier alpha value is -1.36. The third kappa shape index (κ3) is 4.14. The molecule has 2 aromatic carbocycles. The van der Waals surface area contributed by atoms with E-state index >= 15 is 0 Å². The number of hydrogen-bond acceptors (Lipinski definition) is 3. The summed E-state index contributed by atoms with van der Waals surface area (Å²) in [5, 5.41) is 0.768. The van der Waals surface area contributed by atoms with Crippen molar-refractivity contribution in [3.05, 3.63) is 73.8 Å². The molecule has 23 heavy (non-hydrogen) atoms. The highest BCUT2D eigenvalue weighted by Gasteiger charge is 2.19. The SMILES string of the molecule is O=c1c(Br)ccccc1N1CCN(Cc2ccc(Cl)cc2)CC1. The summed E-state index contributed by atoms with van der Waals surface area (Å²) in [6.07, 6.45) is 0. The number of hydrogen-bond donors (Lipinski definition) is 0. The van der Waals surface area contributed by atoms with E-state index in [0.29, 0.717) is 4.47 Å². The molecule has 0 amide bonds. The standard InChI is InChI=1S/C18H18BrClN2O/c19-16-3-1-2-4-17(18(16)23)22-11-9-21(10-12-22)13-14-5-7-15(20)8-6-14/h1-8H,9-13H2. The molecule has 0 atom stereocenters. The van der Waals surface area contributed by atoms with Gasteiger partial charge in [0.1, 0.15) is 0 Å². The smallest absolute Gasteiger partial charge is 0.215 e. The van der Waals surface area contributed by atoms with E-state index in [1.807, 2.05) is 30.3 Å². The van der Waals surface area contributed by atoms with E-state index < -0.39 is 0 Å². The van der Waals surface area contributed by atoms with Crippen molar-refractivity contribution in [1.29, 1.82) is 0 Å². The van der Waals surface area contributed by atoms with Crippen LogP contribution >= 0.6 is 27.5 Å². The van der Waals surface area contributed by atoms with Gasteiger partial charge in [0, 0.05) is 37.7 Å². The second-order valence-corrected chi connectivity index (χ2v) is 6.96. The Kier molecular flexibility index (Phi) is 5.36. The third-order valence-corrected chi connectivity index (χ3v) is 4.97. The van der Waals surface area contributed by atoms with Gasteiger partial charge in [-0.05, 0) is 45.8 Å². The number of piperazine rings is 1. The van der Waals surface area contributed by atoms with E-state index in [4.69, 9.17) is 11.6 Å². The number of halogens is 2. The summed E-state index contributed by atoms with van der Waals surface area (Å²) in [5.74, 6) is 0. The van der Waals surface area contributed by atoms with Crippen LogP contribution in [0, 0.1) is 0 Å². The van der Waals surface area contributed by atoms with Crippen LogP contribution in [0.15, 0.2) is 57.8 Å². The maximum absolute atomic E-state index is 12.4. The van der Waals surface area contributed by atoms with Crippen molar-refractivity contribution in [2.45, 2.75) is 6.54 Å². The molecule has 5 heteroatoms. The number of anilines is 1. The molecule has 0 aliphatic carbocycles. The minimum absolute atomic E-state index is 0.0566. The molecule has 1 aliphatic rings. The van der Waals surface area contributed by atoms with Gasteiger partial charge in [0.05, 0.1) is 10.2 Å². The minimum atomic E-state index is 0.0566. The van der Waals surface area contributed by atoms with Crippen LogP contribution in [0.4, 0.5) is 5.69 Å². The fourth-order valence-corrected chi connectivity index (χ4v) is 3.29. The Morgan fingerprint density at radius 2 is 1.61 bits per heavy atom. The lowest BCUT2D eigenvalue weighted by atomic mass is 10.2. The molecule has 3 rings (SSSR count). The molecular formula is C18H18BrClN2O. The van der Waals surface area contributed by atoms with Crippen molar-refractivity contribution in [1.82, 2.24) is 4.90 Å². The van der Waals surface area contributed by atoms with Gasteiger partial charge in [-0.1, -0.05) is 35.9 Å². The highest BCUT2D eigenvalue weighted by atomic mass is 79.9. The Morgan fingerprint density at radius 3 is 2.30 bits per heavy atom. The second kappa shape index (κ2) is 7.47. The maximum atomic E-state index is 12.4. The van der Waals surface area contributed by atoms with E-state index in [1.165, 1.54) is 5.56 Å². The molecule has 1 aliphatic heterocycles. The van der Waals surface area contributed by atoms with Crippen LogP contribution in [0.1, 0.15) is 5.56 Å². The van der Waals surface area contributed by atoms with Crippen molar-refractivity contribution in [2.24, 2.45) is 0 Å². The van der Waals surface area contributed by atoms with E-state index in [2.05, 4.69) is 37.9 Å². The molecule has 120 valence electrons. The Morgan fingerprint density at radius 1 is 0.957 bits per heavy atom. The van der Waals surface area contributed by atoms with Crippen molar-refractivity contribution < 1.29 is 0 Å². The highest BCUT2D eigenvalue weighted by molar-refractivity contribution is 9.10. The predicted molar refractivity (Wildman–Crippen MR) is 99.4 cm³/mol. The van der Waals surface area contributed by atoms with Crippen molar-refractivity contribution in [3.8, 4) is 0 Å². The second-order valence-electron chi connectivity index (χ2n) is 5.67. The van der Waals surface area contributed by atoms with Gasteiger partial charge in [-0.2, -0.15) is 0 Å². The van der Waals surface area contributed by atoms with Crippen LogP contribution in [0.25, 0.3) is 0 Å². The molecule has 1 saturated heterocycles. The van der Waals surface area contributed by atoms with E-state index in [1.54, 1.807) is 6.07 Å². The molecule has 0 N–H and O–H groups in total. The lowest BCUT2D eigenvalue weighted by Crippen LogP contribution is -2.47. The Labute approximate surface area is 149 Å². The molecule has 0 bridgehead atoms. The van der Waals surface area contributed by atoms with Crippen molar-refractivity contribution >= 4 is 33.2 Å². The van der Waals surface area contributed by atoms with Crippen LogP contribution in [-0.2, 0) is 6.54 Å². The average Bonchev–Trinajstić information content (AvgIpc) is 2.73. The first-order valence-electron chi connectivity index (χ1n) is 7.64. The first-order valence-corrected chi connectivity index (χ1v) is 8.81. The molecular weight excluding hydrogens is 376 g/mol. The number of rotatable bonds is 3. The van der Waals surface area contributed by atoms with Crippen molar-refractivity contribution in [2.75, 3.05) is 31.1 Å². The van der Waals surface area contributed by atoms with Gasteiger partial charge in [-0.25, -0.2) is 0 Å². The molecule has 0 aromatic heterocycles. The van der Waals surface area contributed by atoms with E-state index in [-0.39, 0.29) is 5.43 Å². The van der Waals surface area contributed by atoms with Crippen LogP contribution in [0.3, 0.4) is 0 Å². The predicted octanol–water partition coefficient (Wildman–Crippen LogP) is 3.78. The molecule has 1 heterocycles. The van der Waals surface area contributed by atoms with E-state index in [9.17, 15) is 4.79 Å². The van der Waals surface area contributed by atoms with Gasteiger partial charge >= 0.3 is 0 Å². The summed E-state index contributed by atoms with van der Waals surface area (Å²) in [6.45, 7) is 4.52. The van der Waals surface area contributed by atoms with Crippen LogP contribution in [0.2, 0.25) is 5.02 Å². The summed E-state index contributed by atoms with van der Waals surface area (Å²) in [7, 11) is 0. The van der Waals surface area contributed by atoms with Gasteiger partial charge in [-0.15, -0.1) is 0 Å². The van der Waals surface area contributed by atoms with Gasteiger partial charge in [-0.3, -0.25) is 9.69 Å². The molecule has 0 radical (unpaired) electrons. The molecule has 2 aromatic rings. The van der Waals surface area contributed by atoms with Crippen LogP contribution in [-0.4, -0.2) is 31.1 Å². The summed E-state index contributed by atoms with van der Waals surface area (Å²) in [5.41, 5.74) is 2.09. The largest absolute Gasteiger partial charge is 0.366 e. The van der Waals surface area contributed by atoms with Crippen molar-refractivity contribution in [3.63, 3.8) is 0 Å². The average molecular weight is 394 g/mol. The summed E-state index contributed by atoms with van der Waals surface area (Å²) in [4.78, 5) is 16.9. The highest BCUT2D eigenvalue weighted by Crippen LogP contribution is 2.16. The normalized spacial score (nSPS) is 15.7. The number of benzene rings is 1. The molecule has 1 fully saturated rings. The third-order valence-electron chi connectivity index (χ3n) is 4.09. The Balaban J connectivity index is 1.65. The van der Waals surface area contributed by atoms with Gasteiger partial charge < -0.3 is 4.90 Å². The van der Waals surface area contributed by atoms with Gasteiger partial charge in [0.15, 0.2) is 0 Å². The molecule has 0 spiro atoms. The van der Waals surface area contributed by atoms with Gasteiger partial charge in [0.25, 0.3) is 0 Å². The lowest BCUT2D eigenvalue weighted by molar-refractivity contribution is 0.250. The first kappa shape index (κ1) is 16.5. The number of nitrogens with zero attached hydrogens (tertiary/aromatic N) is 2. The fourth-order valence-electron chi connectivity index (χ4n) is 2.80. The Bertz CT molecular complexity index is 728. The zero-order valence-corrected chi connectivity index (χ0v) is 15.1. The molecule has 0 saturated carbocycles. The molecule has 0 unspecified atom stereocenters. The summed E-state index contributed by atoms with van der Waals surface area (Å²) >= 11 is 9.27. The lowest BCUT2D eigenvalue weighted by Gasteiger charge is -2.35. The summed E-state index contributed by atoms with van der Waals surface area (Å²) < 4.78 is 0.612. The zero-order valence-electron chi connectivity index (χ0n) is 12.7. The van der Waals surface area contributed by atoms with Crippen LogP contribution < -0.4 is 10.3 Å². The maximum Gasteiger partial charge on any atom is 0.215 e. The monoisotopic (exact) mass is 392 g/mol. The minimum Gasteiger partial charge on any atom is -0.366 e. The first-order chi connectivity index (χ1) is 11.1. The fraction of sp³-hybridized carbons (Fsp3) is 0.278.